The maximum atomic E-state index is 5.64. The molecule has 1 aromatic rings. The number of anilines is 2. The normalized spacial score (nSPS) is 17.4. The molecule has 5 nitrogen and oxygen atoms in total. The number of hydrogen-bond donors (Lipinski definition) is 1. The number of methoxy groups -OCH3 is 1. The number of rotatable bonds is 3. The highest BCUT2D eigenvalue weighted by atomic mass is 16.5. The molecule has 0 saturated carbocycles. The van der Waals surface area contributed by atoms with Crippen molar-refractivity contribution in [2.75, 3.05) is 37.4 Å². The number of nitrogens with two attached hydrogens (primary N) is 1. The number of aryl methyl sites for hydroxylation is 1. The molecule has 0 amide bonds. The van der Waals surface area contributed by atoms with Gasteiger partial charge < -0.3 is 15.4 Å². The summed E-state index contributed by atoms with van der Waals surface area (Å²) in [4.78, 5) is 10.6. The minimum Gasteiger partial charge on any atom is -0.384 e. The molecule has 0 radical (unpaired) electrons. The average molecular weight is 236 g/mol. The summed E-state index contributed by atoms with van der Waals surface area (Å²) in [5.74, 6) is 2.01. The molecule has 0 aromatic carbocycles. The highest BCUT2D eigenvalue weighted by molar-refractivity contribution is 5.48. The molecule has 1 aliphatic rings. The molecule has 1 aromatic heterocycles. The van der Waals surface area contributed by atoms with E-state index in [2.05, 4.69) is 14.9 Å². The van der Waals surface area contributed by atoms with E-state index >= 15 is 0 Å². The van der Waals surface area contributed by atoms with Crippen molar-refractivity contribution in [1.82, 2.24) is 9.97 Å². The van der Waals surface area contributed by atoms with Crippen LogP contribution in [0, 0.1) is 12.8 Å². The zero-order chi connectivity index (χ0) is 12.3. The van der Waals surface area contributed by atoms with Gasteiger partial charge in [-0.3, -0.25) is 0 Å². The standard InChI is InChI=1S/C12H20N4O/c1-9-7-14-12(13)15-11(9)16-5-3-10(4-6-16)8-17-2/h7,10H,3-6,8H2,1-2H3,(H2,13,14,15). The molecule has 0 spiro atoms. The second-order valence-corrected chi connectivity index (χ2v) is 4.62. The largest absolute Gasteiger partial charge is 0.384 e. The van der Waals surface area contributed by atoms with E-state index in [9.17, 15) is 0 Å². The van der Waals surface area contributed by atoms with Gasteiger partial charge in [-0.2, -0.15) is 4.98 Å². The van der Waals surface area contributed by atoms with Crippen LogP contribution in [0.4, 0.5) is 11.8 Å². The van der Waals surface area contributed by atoms with Gasteiger partial charge >= 0.3 is 0 Å². The lowest BCUT2D eigenvalue weighted by atomic mass is 9.97. The van der Waals surface area contributed by atoms with Crippen LogP contribution in [0.25, 0.3) is 0 Å². The highest BCUT2D eigenvalue weighted by Crippen LogP contribution is 2.24. The van der Waals surface area contributed by atoms with Gasteiger partial charge in [-0.1, -0.05) is 0 Å². The van der Waals surface area contributed by atoms with E-state index in [1.165, 1.54) is 0 Å². The fourth-order valence-corrected chi connectivity index (χ4v) is 2.31. The van der Waals surface area contributed by atoms with Crippen molar-refractivity contribution in [2.45, 2.75) is 19.8 Å². The van der Waals surface area contributed by atoms with Crippen molar-refractivity contribution in [1.29, 1.82) is 0 Å². The predicted octanol–water partition coefficient (Wildman–Crippen LogP) is 1.23. The summed E-state index contributed by atoms with van der Waals surface area (Å²) in [6.07, 6.45) is 4.09. The first-order valence-electron chi connectivity index (χ1n) is 6.03. The highest BCUT2D eigenvalue weighted by Gasteiger charge is 2.21. The van der Waals surface area contributed by atoms with E-state index in [4.69, 9.17) is 10.5 Å². The van der Waals surface area contributed by atoms with Crippen molar-refractivity contribution in [2.24, 2.45) is 5.92 Å². The van der Waals surface area contributed by atoms with Crippen LogP contribution in [0.2, 0.25) is 0 Å². The van der Waals surface area contributed by atoms with Gasteiger partial charge in [0.15, 0.2) is 0 Å². The van der Waals surface area contributed by atoms with Crippen molar-refractivity contribution in [3.63, 3.8) is 0 Å². The number of hydrogen-bond acceptors (Lipinski definition) is 5. The van der Waals surface area contributed by atoms with Crippen LogP contribution in [-0.2, 0) is 4.74 Å². The molecule has 17 heavy (non-hydrogen) atoms. The van der Waals surface area contributed by atoms with E-state index in [1.54, 1.807) is 13.3 Å². The fraction of sp³-hybridized carbons (Fsp3) is 0.667. The van der Waals surface area contributed by atoms with Gasteiger partial charge in [0.1, 0.15) is 5.82 Å². The Morgan fingerprint density at radius 2 is 2.18 bits per heavy atom. The van der Waals surface area contributed by atoms with Crippen LogP contribution in [-0.4, -0.2) is 36.8 Å². The third-order valence-corrected chi connectivity index (χ3v) is 3.28. The second-order valence-electron chi connectivity index (χ2n) is 4.62. The van der Waals surface area contributed by atoms with Gasteiger partial charge in [0.2, 0.25) is 5.95 Å². The van der Waals surface area contributed by atoms with Gasteiger partial charge in [-0.05, 0) is 25.7 Å². The number of piperidine rings is 1. The summed E-state index contributed by atoms with van der Waals surface area (Å²) in [7, 11) is 1.77. The van der Waals surface area contributed by atoms with Crippen molar-refractivity contribution in [3.05, 3.63) is 11.8 Å². The van der Waals surface area contributed by atoms with Gasteiger partial charge in [0, 0.05) is 38.6 Å². The molecule has 0 aliphatic carbocycles. The van der Waals surface area contributed by atoms with E-state index in [0.29, 0.717) is 11.9 Å². The Balaban J connectivity index is 2.02. The lowest BCUT2D eigenvalue weighted by molar-refractivity contribution is 0.139. The Kier molecular flexibility index (Phi) is 3.78. The molecule has 1 fully saturated rings. The van der Waals surface area contributed by atoms with Gasteiger partial charge in [-0.15, -0.1) is 0 Å². The number of ether oxygens (including phenoxy) is 1. The van der Waals surface area contributed by atoms with E-state index in [0.717, 1.165) is 43.9 Å². The smallest absolute Gasteiger partial charge is 0.221 e. The fourth-order valence-electron chi connectivity index (χ4n) is 2.31. The maximum absolute atomic E-state index is 5.64. The average Bonchev–Trinajstić information content (AvgIpc) is 2.34. The molecule has 1 aliphatic heterocycles. The molecular weight excluding hydrogens is 216 g/mol. The van der Waals surface area contributed by atoms with Gasteiger partial charge in [-0.25, -0.2) is 4.98 Å². The molecule has 5 heteroatoms. The van der Waals surface area contributed by atoms with Gasteiger partial charge in [0.05, 0.1) is 0 Å². The summed E-state index contributed by atoms with van der Waals surface area (Å²) < 4.78 is 5.20. The first-order valence-corrected chi connectivity index (χ1v) is 6.03. The number of nitrogen functional groups attached to an aromatic ring is 1. The molecule has 0 bridgehead atoms. The van der Waals surface area contributed by atoms with Crippen molar-refractivity contribution >= 4 is 11.8 Å². The predicted molar refractivity (Wildman–Crippen MR) is 68.0 cm³/mol. The van der Waals surface area contributed by atoms with E-state index < -0.39 is 0 Å². The summed E-state index contributed by atoms with van der Waals surface area (Å²) in [5.41, 5.74) is 6.73. The molecule has 0 unspecified atom stereocenters. The summed E-state index contributed by atoms with van der Waals surface area (Å²) >= 11 is 0. The lowest BCUT2D eigenvalue weighted by Gasteiger charge is -2.33. The Morgan fingerprint density at radius 1 is 1.47 bits per heavy atom. The third kappa shape index (κ3) is 2.85. The van der Waals surface area contributed by atoms with Crippen LogP contribution in [0.3, 0.4) is 0 Å². The molecule has 94 valence electrons. The number of nitrogens with zero attached hydrogens (tertiary/aromatic N) is 3. The first kappa shape index (κ1) is 12.1. The summed E-state index contributed by atoms with van der Waals surface area (Å²) in [6, 6.07) is 0. The van der Waals surface area contributed by atoms with Crippen LogP contribution in [0.1, 0.15) is 18.4 Å². The molecule has 2 heterocycles. The molecule has 0 atom stereocenters. The van der Waals surface area contributed by atoms with Crippen LogP contribution >= 0.6 is 0 Å². The minimum absolute atomic E-state index is 0.351. The SMILES string of the molecule is COCC1CCN(c2nc(N)ncc2C)CC1. The van der Waals surface area contributed by atoms with E-state index in [1.807, 2.05) is 6.92 Å². The van der Waals surface area contributed by atoms with Crippen LogP contribution in [0.5, 0.6) is 0 Å². The monoisotopic (exact) mass is 236 g/mol. The maximum Gasteiger partial charge on any atom is 0.221 e. The Hall–Kier alpha value is -1.36. The second kappa shape index (κ2) is 5.31. The summed E-state index contributed by atoms with van der Waals surface area (Å²) in [5, 5.41) is 0. The van der Waals surface area contributed by atoms with Crippen molar-refractivity contribution < 1.29 is 4.74 Å². The molecule has 1 saturated heterocycles. The van der Waals surface area contributed by atoms with Crippen LogP contribution in [0.15, 0.2) is 6.20 Å². The summed E-state index contributed by atoms with van der Waals surface area (Å²) in [6.45, 7) is 4.92. The van der Waals surface area contributed by atoms with E-state index in [-0.39, 0.29) is 0 Å². The first-order chi connectivity index (χ1) is 8.20. The number of aromatic nitrogens is 2. The Labute approximate surface area is 102 Å². The molecule has 2 rings (SSSR count). The third-order valence-electron chi connectivity index (χ3n) is 3.28. The topological polar surface area (TPSA) is 64.3 Å². The minimum atomic E-state index is 0.351. The molecule has 2 N–H and O–H groups in total. The lowest BCUT2D eigenvalue weighted by Crippen LogP contribution is -2.36. The van der Waals surface area contributed by atoms with Crippen LogP contribution < -0.4 is 10.6 Å². The zero-order valence-electron chi connectivity index (χ0n) is 10.5. The zero-order valence-corrected chi connectivity index (χ0v) is 10.5. The Bertz CT molecular complexity index is 375. The Morgan fingerprint density at radius 3 is 2.82 bits per heavy atom. The van der Waals surface area contributed by atoms with Gasteiger partial charge in [0.25, 0.3) is 0 Å². The molecular formula is C12H20N4O. The quantitative estimate of drug-likeness (QED) is 0.855. The van der Waals surface area contributed by atoms with Crippen molar-refractivity contribution in [3.8, 4) is 0 Å².